The Balaban J connectivity index is 1.38. The molecule has 3 aromatic rings. The number of benzene rings is 2. The van der Waals surface area contributed by atoms with Crippen molar-refractivity contribution >= 4 is 17.0 Å². The molecule has 1 fully saturated rings. The minimum absolute atomic E-state index is 0.0376. The molecule has 1 aromatic heterocycles. The fourth-order valence-electron chi connectivity index (χ4n) is 3.76. The first-order valence-corrected chi connectivity index (χ1v) is 9.09. The molecular formula is C21H22N2O3. The summed E-state index contributed by atoms with van der Waals surface area (Å²) in [6.45, 7) is 0.969. The van der Waals surface area contributed by atoms with Crippen LogP contribution in [0, 0.1) is 0 Å². The fraction of sp³-hybridized carbons (Fsp3) is 0.333. The third kappa shape index (κ3) is 3.05. The monoisotopic (exact) mass is 350 g/mol. The van der Waals surface area contributed by atoms with Crippen molar-refractivity contribution in [1.82, 2.24) is 9.88 Å². The second kappa shape index (κ2) is 6.83. The van der Waals surface area contributed by atoms with E-state index in [4.69, 9.17) is 4.42 Å². The topological polar surface area (TPSA) is 64.2 Å². The van der Waals surface area contributed by atoms with E-state index in [0.717, 1.165) is 18.4 Å². The van der Waals surface area contributed by atoms with E-state index in [0.29, 0.717) is 18.7 Å². The van der Waals surface area contributed by atoms with Crippen LogP contribution in [-0.2, 0) is 16.8 Å². The quantitative estimate of drug-likeness (QED) is 0.742. The standard InChI is InChI=1S/C21H22N2O3/c24-19(11-14-23-17-9-4-5-10-18(17)26-20(23)25)22-15-21(12-6-13-21)16-7-2-1-3-8-16/h1-5,7-10H,6,11-15H2,(H,22,24). The van der Waals surface area contributed by atoms with Gasteiger partial charge in [0.1, 0.15) is 0 Å². The van der Waals surface area contributed by atoms with Crippen molar-refractivity contribution in [2.75, 3.05) is 6.54 Å². The number of nitrogens with zero attached hydrogens (tertiary/aromatic N) is 1. The van der Waals surface area contributed by atoms with Gasteiger partial charge in [0.25, 0.3) is 0 Å². The molecule has 1 saturated carbocycles. The molecule has 0 spiro atoms. The molecule has 0 aliphatic heterocycles. The minimum Gasteiger partial charge on any atom is -0.408 e. The maximum absolute atomic E-state index is 12.3. The molecule has 1 N–H and O–H groups in total. The van der Waals surface area contributed by atoms with E-state index >= 15 is 0 Å². The van der Waals surface area contributed by atoms with Gasteiger partial charge in [-0.2, -0.15) is 0 Å². The molecule has 1 heterocycles. The molecule has 0 radical (unpaired) electrons. The smallest absolute Gasteiger partial charge is 0.408 e. The van der Waals surface area contributed by atoms with E-state index in [9.17, 15) is 9.59 Å². The lowest BCUT2D eigenvalue weighted by Crippen LogP contribution is -2.45. The highest BCUT2D eigenvalue weighted by atomic mass is 16.4. The molecule has 1 aliphatic carbocycles. The summed E-state index contributed by atoms with van der Waals surface area (Å²) in [5, 5.41) is 3.07. The first-order valence-electron chi connectivity index (χ1n) is 9.09. The van der Waals surface area contributed by atoms with Crippen LogP contribution >= 0.6 is 0 Å². The highest BCUT2D eigenvalue weighted by molar-refractivity contribution is 5.77. The van der Waals surface area contributed by atoms with Crippen molar-refractivity contribution in [3.05, 3.63) is 70.7 Å². The van der Waals surface area contributed by atoms with Crippen LogP contribution in [0.15, 0.2) is 63.8 Å². The van der Waals surface area contributed by atoms with Crippen LogP contribution in [-0.4, -0.2) is 17.0 Å². The predicted molar refractivity (Wildman–Crippen MR) is 100 cm³/mol. The van der Waals surface area contributed by atoms with Crippen molar-refractivity contribution in [3.63, 3.8) is 0 Å². The van der Waals surface area contributed by atoms with Crippen molar-refractivity contribution in [2.24, 2.45) is 0 Å². The fourth-order valence-corrected chi connectivity index (χ4v) is 3.76. The van der Waals surface area contributed by atoms with Gasteiger partial charge >= 0.3 is 5.76 Å². The Labute approximate surface area is 151 Å². The second-order valence-corrected chi connectivity index (χ2v) is 7.01. The maximum atomic E-state index is 12.3. The van der Waals surface area contributed by atoms with Crippen LogP contribution < -0.4 is 11.1 Å². The van der Waals surface area contributed by atoms with Crippen LogP contribution in [0.1, 0.15) is 31.2 Å². The van der Waals surface area contributed by atoms with Crippen molar-refractivity contribution in [3.8, 4) is 0 Å². The summed E-state index contributed by atoms with van der Waals surface area (Å²) < 4.78 is 6.72. The van der Waals surface area contributed by atoms with Gasteiger partial charge in [0.15, 0.2) is 5.58 Å². The lowest BCUT2D eigenvalue weighted by Gasteiger charge is -2.42. The van der Waals surface area contributed by atoms with Gasteiger partial charge in [0.2, 0.25) is 5.91 Å². The molecule has 1 amide bonds. The molecule has 0 unspecified atom stereocenters. The molecule has 5 heteroatoms. The molecule has 0 saturated heterocycles. The molecule has 26 heavy (non-hydrogen) atoms. The maximum Gasteiger partial charge on any atom is 0.419 e. The van der Waals surface area contributed by atoms with E-state index in [1.807, 2.05) is 36.4 Å². The van der Waals surface area contributed by atoms with E-state index in [1.165, 1.54) is 16.6 Å². The molecule has 1 aliphatic rings. The van der Waals surface area contributed by atoms with Crippen LogP contribution in [0.5, 0.6) is 0 Å². The van der Waals surface area contributed by atoms with Crippen LogP contribution in [0.4, 0.5) is 0 Å². The lowest BCUT2D eigenvalue weighted by molar-refractivity contribution is -0.121. The van der Waals surface area contributed by atoms with Crippen LogP contribution in [0.2, 0.25) is 0 Å². The number of hydrogen-bond acceptors (Lipinski definition) is 3. The summed E-state index contributed by atoms with van der Waals surface area (Å²) in [7, 11) is 0. The Bertz CT molecular complexity index is 968. The van der Waals surface area contributed by atoms with Gasteiger partial charge < -0.3 is 9.73 Å². The van der Waals surface area contributed by atoms with Crippen molar-refractivity contribution in [1.29, 1.82) is 0 Å². The summed E-state index contributed by atoms with van der Waals surface area (Å²) in [5.74, 6) is -0.455. The summed E-state index contributed by atoms with van der Waals surface area (Å²) in [5.41, 5.74) is 2.64. The SMILES string of the molecule is O=C(CCn1c(=O)oc2ccccc21)NCC1(c2ccccc2)CCC1. The highest BCUT2D eigenvalue weighted by Gasteiger charge is 2.38. The largest absolute Gasteiger partial charge is 0.419 e. The number of carbonyl (C=O) groups is 1. The Morgan fingerprint density at radius 2 is 1.81 bits per heavy atom. The number of oxazole rings is 1. The minimum atomic E-state index is -0.418. The van der Waals surface area contributed by atoms with Gasteiger partial charge in [-0.05, 0) is 30.5 Å². The zero-order valence-corrected chi connectivity index (χ0v) is 14.6. The summed E-state index contributed by atoms with van der Waals surface area (Å²) in [6.07, 6.45) is 3.65. The number of aryl methyl sites for hydroxylation is 1. The summed E-state index contributed by atoms with van der Waals surface area (Å²) >= 11 is 0. The van der Waals surface area contributed by atoms with E-state index in [1.54, 1.807) is 6.07 Å². The first-order chi connectivity index (χ1) is 12.7. The first kappa shape index (κ1) is 16.6. The third-order valence-electron chi connectivity index (χ3n) is 5.46. The third-order valence-corrected chi connectivity index (χ3v) is 5.46. The van der Waals surface area contributed by atoms with Gasteiger partial charge in [-0.25, -0.2) is 4.79 Å². The predicted octanol–water partition coefficient (Wildman–Crippen LogP) is 3.22. The zero-order valence-electron chi connectivity index (χ0n) is 14.6. The second-order valence-electron chi connectivity index (χ2n) is 7.01. The number of nitrogens with one attached hydrogen (secondary N) is 1. The Morgan fingerprint density at radius 1 is 1.08 bits per heavy atom. The van der Waals surface area contributed by atoms with Crippen LogP contribution in [0.25, 0.3) is 11.1 Å². The van der Waals surface area contributed by atoms with E-state index < -0.39 is 5.76 Å². The number of aromatic nitrogens is 1. The normalized spacial score (nSPS) is 15.5. The number of rotatable bonds is 6. The molecule has 4 rings (SSSR count). The Hall–Kier alpha value is -2.82. The zero-order chi connectivity index (χ0) is 18.0. The highest BCUT2D eigenvalue weighted by Crippen LogP contribution is 2.43. The summed E-state index contributed by atoms with van der Waals surface area (Å²) in [4.78, 5) is 24.3. The molecule has 2 aromatic carbocycles. The van der Waals surface area contributed by atoms with Crippen molar-refractivity contribution < 1.29 is 9.21 Å². The number of hydrogen-bond donors (Lipinski definition) is 1. The molecule has 0 bridgehead atoms. The Kier molecular flexibility index (Phi) is 4.37. The molecular weight excluding hydrogens is 328 g/mol. The van der Waals surface area contributed by atoms with E-state index in [2.05, 4.69) is 17.4 Å². The number of amides is 1. The number of para-hydroxylation sites is 2. The summed E-state index contributed by atoms with van der Waals surface area (Å²) in [6, 6.07) is 17.7. The number of fused-ring (bicyclic) bond motifs is 1. The molecule has 134 valence electrons. The van der Waals surface area contributed by atoms with Crippen LogP contribution in [0.3, 0.4) is 0 Å². The van der Waals surface area contributed by atoms with E-state index in [-0.39, 0.29) is 17.7 Å². The van der Waals surface area contributed by atoms with Gasteiger partial charge in [0.05, 0.1) is 5.52 Å². The average molecular weight is 350 g/mol. The van der Waals surface area contributed by atoms with Gasteiger partial charge in [-0.1, -0.05) is 48.9 Å². The van der Waals surface area contributed by atoms with Gasteiger partial charge in [-0.15, -0.1) is 0 Å². The van der Waals surface area contributed by atoms with Gasteiger partial charge in [-0.3, -0.25) is 9.36 Å². The van der Waals surface area contributed by atoms with Crippen molar-refractivity contribution in [2.45, 2.75) is 37.6 Å². The molecule has 5 nitrogen and oxygen atoms in total. The lowest BCUT2D eigenvalue weighted by atomic mass is 9.64. The van der Waals surface area contributed by atoms with Gasteiger partial charge in [0, 0.05) is 24.9 Å². The average Bonchev–Trinajstić information content (AvgIpc) is 2.95. The number of carbonyl (C=O) groups excluding carboxylic acids is 1. The molecule has 0 atom stereocenters. The Morgan fingerprint density at radius 3 is 2.54 bits per heavy atom.